The van der Waals surface area contributed by atoms with Gasteiger partial charge in [0.25, 0.3) is 0 Å². The zero-order valence-corrected chi connectivity index (χ0v) is 9.99. The maximum absolute atomic E-state index is 5.80. The molecule has 1 heterocycles. The van der Waals surface area contributed by atoms with Gasteiger partial charge in [-0.15, -0.1) is 0 Å². The third-order valence-corrected chi connectivity index (χ3v) is 2.09. The molecule has 2 rings (SSSR count). The van der Waals surface area contributed by atoms with Crippen molar-refractivity contribution in [2.45, 2.75) is 45.3 Å². The molecule has 0 aromatic carbocycles. The Kier molecular flexibility index (Phi) is 2.66. The molecule has 1 fully saturated rings. The van der Waals surface area contributed by atoms with Crippen LogP contribution in [0.2, 0.25) is 0 Å². The summed E-state index contributed by atoms with van der Waals surface area (Å²) in [6, 6.07) is 1.71. The lowest BCUT2D eigenvalue weighted by molar-refractivity contribution is 0.122. The van der Waals surface area contributed by atoms with Crippen LogP contribution in [0.4, 0.5) is 5.82 Å². The van der Waals surface area contributed by atoms with Crippen molar-refractivity contribution in [2.24, 2.45) is 0 Å². The molecule has 1 aliphatic carbocycles. The van der Waals surface area contributed by atoms with E-state index in [4.69, 9.17) is 15.2 Å². The van der Waals surface area contributed by atoms with Gasteiger partial charge in [-0.2, -0.15) is 0 Å². The number of rotatable bonds is 3. The zero-order chi connectivity index (χ0) is 11.8. The maximum atomic E-state index is 5.80. The summed E-state index contributed by atoms with van der Waals surface area (Å²) in [6.45, 7) is 5.97. The predicted octanol–water partition coefficient (Wildman–Crippen LogP) is 2.38. The number of ether oxygens (including phenoxy) is 2. The van der Waals surface area contributed by atoms with Crippen molar-refractivity contribution in [1.29, 1.82) is 0 Å². The zero-order valence-electron chi connectivity index (χ0n) is 9.99. The predicted molar refractivity (Wildman–Crippen MR) is 62.7 cm³/mol. The van der Waals surface area contributed by atoms with Gasteiger partial charge in [-0.1, -0.05) is 0 Å². The Bertz CT molecular complexity index is 381. The smallest absolute Gasteiger partial charge is 0.180 e. The Balaban J connectivity index is 2.20. The highest BCUT2D eigenvalue weighted by molar-refractivity contribution is 5.46. The SMILES string of the molecule is CC(C)(C)Oc1cc(N)ncc1OC1CC1. The van der Waals surface area contributed by atoms with E-state index in [1.54, 1.807) is 12.3 Å². The van der Waals surface area contributed by atoms with E-state index in [9.17, 15) is 0 Å². The minimum Gasteiger partial charge on any atom is -0.485 e. The van der Waals surface area contributed by atoms with Gasteiger partial charge in [-0.05, 0) is 33.6 Å². The average Bonchev–Trinajstić information content (AvgIpc) is 2.91. The first kappa shape index (κ1) is 11.0. The van der Waals surface area contributed by atoms with Gasteiger partial charge < -0.3 is 15.2 Å². The summed E-state index contributed by atoms with van der Waals surface area (Å²) in [4.78, 5) is 4.02. The van der Waals surface area contributed by atoms with Crippen molar-refractivity contribution in [3.63, 3.8) is 0 Å². The van der Waals surface area contributed by atoms with Gasteiger partial charge in [0.05, 0.1) is 12.3 Å². The van der Waals surface area contributed by atoms with Crippen LogP contribution in [-0.2, 0) is 0 Å². The second-order valence-corrected chi connectivity index (χ2v) is 5.09. The summed E-state index contributed by atoms with van der Waals surface area (Å²) in [6.07, 6.45) is 4.18. The molecule has 4 heteroatoms. The molecular weight excluding hydrogens is 204 g/mol. The molecule has 0 spiro atoms. The summed E-state index contributed by atoms with van der Waals surface area (Å²) >= 11 is 0. The van der Waals surface area contributed by atoms with Crippen LogP contribution < -0.4 is 15.2 Å². The fraction of sp³-hybridized carbons (Fsp3) is 0.583. The molecule has 1 aromatic rings. The quantitative estimate of drug-likeness (QED) is 0.853. The van der Waals surface area contributed by atoms with E-state index in [-0.39, 0.29) is 5.60 Å². The lowest BCUT2D eigenvalue weighted by atomic mass is 10.2. The Morgan fingerprint density at radius 1 is 1.31 bits per heavy atom. The highest BCUT2D eigenvalue weighted by Gasteiger charge is 2.26. The Hall–Kier alpha value is -1.45. The molecule has 0 unspecified atom stereocenters. The van der Waals surface area contributed by atoms with Gasteiger partial charge in [-0.3, -0.25) is 0 Å². The van der Waals surface area contributed by atoms with Crippen LogP contribution in [0.5, 0.6) is 11.5 Å². The molecular formula is C12H18N2O2. The first-order chi connectivity index (χ1) is 7.44. The minimum atomic E-state index is -0.268. The topological polar surface area (TPSA) is 57.4 Å². The van der Waals surface area contributed by atoms with Crippen LogP contribution in [0.15, 0.2) is 12.3 Å². The summed E-state index contributed by atoms with van der Waals surface area (Å²) in [7, 11) is 0. The lowest BCUT2D eigenvalue weighted by Crippen LogP contribution is -2.23. The molecule has 1 aromatic heterocycles. The molecule has 1 saturated carbocycles. The number of nitrogen functional groups attached to an aromatic ring is 1. The Morgan fingerprint density at radius 2 is 2.00 bits per heavy atom. The first-order valence-corrected chi connectivity index (χ1v) is 5.55. The lowest BCUT2D eigenvalue weighted by Gasteiger charge is -2.23. The van der Waals surface area contributed by atoms with Gasteiger partial charge in [0.1, 0.15) is 11.4 Å². The number of hydrogen-bond donors (Lipinski definition) is 1. The molecule has 0 radical (unpaired) electrons. The normalized spacial score (nSPS) is 15.9. The van der Waals surface area contributed by atoms with Crippen LogP contribution in [0.3, 0.4) is 0 Å². The summed E-state index contributed by atoms with van der Waals surface area (Å²) in [5.41, 5.74) is 5.38. The summed E-state index contributed by atoms with van der Waals surface area (Å²) in [5, 5.41) is 0. The van der Waals surface area contributed by atoms with Crippen molar-refractivity contribution < 1.29 is 9.47 Å². The molecule has 4 nitrogen and oxygen atoms in total. The minimum absolute atomic E-state index is 0.268. The highest BCUT2D eigenvalue weighted by atomic mass is 16.5. The van der Waals surface area contributed by atoms with Gasteiger partial charge >= 0.3 is 0 Å². The van der Waals surface area contributed by atoms with Crippen molar-refractivity contribution >= 4 is 5.82 Å². The summed E-state index contributed by atoms with van der Waals surface area (Å²) < 4.78 is 11.5. The van der Waals surface area contributed by atoms with E-state index in [1.807, 2.05) is 20.8 Å². The van der Waals surface area contributed by atoms with Gasteiger partial charge in [0, 0.05) is 6.07 Å². The number of hydrogen-bond acceptors (Lipinski definition) is 4. The number of aromatic nitrogens is 1. The number of pyridine rings is 1. The van der Waals surface area contributed by atoms with E-state index in [2.05, 4.69) is 4.98 Å². The van der Waals surface area contributed by atoms with Crippen molar-refractivity contribution in [3.05, 3.63) is 12.3 Å². The number of nitrogens with zero attached hydrogens (tertiary/aromatic N) is 1. The van der Waals surface area contributed by atoms with Crippen LogP contribution in [-0.4, -0.2) is 16.7 Å². The highest BCUT2D eigenvalue weighted by Crippen LogP contribution is 2.35. The average molecular weight is 222 g/mol. The van der Waals surface area contributed by atoms with E-state index >= 15 is 0 Å². The fourth-order valence-corrected chi connectivity index (χ4v) is 1.30. The monoisotopic (exact) mass is 222 g/mol. The second-order valence-electron chi connectivity index (χ2n) is 5.09. The third kappa shape index (κ3) is 3.02. The van der Waals surface area contributed by atoms with E-state index in [0.29, 0.717) is 23.4 Å². The van der Waals surface area contributed by atoms with E-state index in [0.717, 1.165) is 12.8 Å². The molecule has 88 valence electrons. The van der Waals surface area contributed by atoms with Crippen LogP contribution in [0.25, 0.3) is 0 Å². The van der Waals surface area contributed by atoms with Gasteiger partial charge in [-0.25, -0.2) is 4.98 Å². The van der Waals surface area contributed by atoms with Crippen molar-refractivity contribution in [1.82, 2.24) is 4.98 Å². The van der Waals surface area contributed by atoms with E-state index in [1.165, 1.54) is 0 Å². The van der Waals surface area contributed by atoms with Crippen molar-refractivity contribution in [3.8, 4) is 11.5 Å². The van der Waals surface area contributed by atoms with E-state index < -0.39 is 0 Å². The van der Waals surface area contributed by atoms with Crippen LogP contribution >= 0.6 is 0 Å². The largest absolute Gasteiger partial charge is 0.485 e. The molecule has 0 aliphatic heterocycles. The Morgan fingerprint density at radius 3 is 2.56 bits per heavy atom. The van der Waals surface area contributed by atoms with Gasteiger partial charge in [0.2, 0.25) is 0 Å². The van der Waals surface area contributed by atoms with Crippen LogP contribution in [0, 0.1) is 0 Å². The maximum Gasteiger partial charge on any atom is 0.180 e. The molecule has 0 saturated heterocycles. The first-order valence-electron chi connectivity index (χ1n) is 5.55. The van der Waals surface area contributed by atoms with Gasteiger partial charge in [0.15, 0.2) is 11.5 Å². The second kappa shape index (κ2) is 3.85. The molecule has 0 bridgehead atoms. The fourth-order valence-electron chi connectivity index (χ4n) is 1.30. The number of anilines is 1. The standard InChI is InChI=1S/C12H18N2O2/c1-12(2,3)16-9-6-11(13)14-7-10(9)15-8-4-5-8/h6-8H,4-5H2,1-3H3,(H2,13,14). The molecule has 2 N–H and O–H groups in total. The van der Waals surface area contributed by atoms with Crippen molar-refractivity contribution in [2.75, 3.05) is 5.73 Å². The molecule has 1 aliphatic rings. The molecule has 0 amide bonds. The third-order valence-electron chi connectivity index (χ3n) is 2.09. The Labute approximate surface area is 95.8 Å². The summed E-state index contributed by atoms with van der Waals surface area (Å²) in [5.74, 6) is 1.81. The van der Waals surface area contributed by atoms with Crippen LogP contribution in [0.1, 0.15) is 33.6 Å². The molecule has 0 atom stereocenters. The molecule has 16 heavy (non-hydrogen) atoms. The number of nitrogens with two attached hydrogens (primary N) is 1.